The topological polar surface area (TPSA) is 89.8 Å². The predicted octanol–water partition coefficient (Wildman–Crippen LogP) is 4.63. The molecule has 0 bridgehead atoms. The molecule has 2 fully saturated rings. The molecule has 0 radical (unpaired) electrons. The number of amides is 1. The maximum Gasteiger partial charge on any atom is 0.329 e. The van der Waals surface area contributed by atoms with E-state index in [1.165, 1.54) is 4.90 Å². The van der Waals surface area contributed by atoms with Gasteiger partial charge in [0.05, 0.1) is 12.5 Å². The van der Waals surface area contributed by atoms with E-state index in [1.54, 1.807) is 58.0 Å². The van der Waals surface area contributed by atoms with Crippen LogP contribution in [0.25, 0.3) is 0 Å². The molecule has 3 rings (SSSR count). The van der Waals surface area contributed by atoms with Crippen LogP contribution >= 0.6 is 0 Å². The number of likely N-dealkylation sites (tertiary alicyclic amines) is 1. The molecule has 1 amide bonds. The molecular weight excluding hydrogens is 434 g/mol. The number of hydrogen-bond acceptors (Lipinski definition) is 5. The third-order valence-electron chi connectivity index (χ3n) is 6.79. The number of nitrogens with zero attached hydrogens (tertiary/aromatic N) is 2. The maximum atomic E-state index is 14.2. The van der Waals surface area contributed by atoms with Crippen molar-refractivity contribution in [3.8, 4) is 0 Å². The van der Waals surface area contributed by atoms with Crippen LogP contribution in [0.15, 0.2) is 30.3 Å². The Hall–Kier alpha value is -2.58. The van der Waals surface area contributed by atoms with Crippen molar-refractivity contribution in [3.63, 3.8) is 0 Å². The van der Waals surface area contributed by atoms with Crippen LogP contribution in [0, 0.1) is 27.4 Å². The van der Waals surface area contributed by atoms with Crippen LogP contribution in [0.4, 0.5) is 8.78 Å². The number of rotatable bonds is 5. The summed E-state index contributed by atoms with van der Waals surface area (Å²) in [5.41, 5.74) is -0.246. The van der Waals surface area contributed by atoms with Crippen molar-refractivity contribution in [1.29, 1.82) is 0 Å². The Morgan fingerprint density at radius 3 is 2.39 bits per heavy atom. The molecule has 1 aromatic carbocycles. The summed E-state index contributed by atoms with van der Waals surface area (Å²) in [5.74, 6) is -6.24. The largest absolute Gasteiger partial charge is 0.464 e. The zero-order valence-electron chi connectivity index (χ0n) is 19.5. The molecule has 9 heteroatoms. The van der Waals surface area contributed by atoms with Gasteiger partial charge in [-0.3, -0.25) is 14.9 Å². The highest BCUT2D eigenvalue weighted by atomic mass is 19.3. The summed E-state index contributed by atoms with van der Waals surface area (Å²) >= 11 is 0. The summed E-state index contributed by atoms with van der Waals surface area (Å²) in [6.45, 7) is 7.00. The van der Waals surface area contributed by atoms with Gasteiger partial charge < -0.3 is 9.64 Å². The predicted molar refractivity (Wildman–Crippen MR) is 117 cm³/mol. The highest BCUT2D eigenvalue weighted by Crippen LogP contribution is 2.51. The Labute approximate surface area is 192 Å². The average Bonchev–Trinajstić information content (AvgIpc) is 3.10. The van der Waals surface area contributed by atoms with Gasteiger partial charge in [0.2, 0.25) is 17.9 Å². The van der Waals surface area contributed by atoms with E-state index >= 15 is 0 Å². The fraction of sp³-hybridized carbons (Fsp3) is 0.667. The van der Waals surface area contributed by atoms with Crippen molar-refractivity contribution < 1.29 is 28.0 Å². The number of esters is 1. The minimum Gasteiger partial charge on any atom is -0.464 e. The Morgan fingerprint density at radius 1 is 1.24 bits per heavy atom. The summed E-state index contributed by atoms with van der Waals surface area (Å²) in [6.07, 6.45) is -0.477. The molecule has 0 aromatic heterocycles. The average molecular weight is 467 g/mol. The van der Waals surface area contributed by atoms with Gasteiger partial charge in [0.25, 0.3) is 0 Å². The monoisotopic (exact) mass is 466 g/mol. The van der Waals surface area contributed by atoms with Crippen LogP contribution in [-0.4, -0.2) is 46.3 Å². The van der Waals surface area contributed by atoms with Crippen LogP contribution in [0.5, 0.6) is 0 Å². The smallest absolute Gasteiger partial charge is 0.329 e. The summed E-state index contributed by atoms with van der Waals surface area (Å²) in [5, 5.41) is 12.4. The zero-order valence-corrected chi connectivity index (χ0v) is 19.5. The number of alkyl halides is 2. The molecule has 1 saturated heterocycles. The molecule has 2 aliphatic rings. The highest BCUT2D eigenvalue weighted by molar-refractivity contribution is 5.88. The fourth-order valence-electron chi connectivity index (χ4n) is 5.49. The van der Waals surface area contributed by atoms with E-state index in [2.05, 4.69) is 0 Å². The van der Waals surface area contributed by atoms with E-state index in [0.717, 1.165) is 0 Å². The quantitative estimate of drug-likeness (QED) is 0.358. The van der Waals surface area contributed by atoms with Gasteiger partial charge in [-0.05, 0) is 30.7 Å². The van der Waals surface area contributed by atoms with Crippen LogP contribution < -0.4 is 0 Å². The third kappa shape index (κ3) is 5.01. The van der Waals surface area contributed by atoms with E-state index < -0.39 is 64.5 Å². The van der Waals surface area contributed by atoms with Crippen LogP contribution in [0.3, 0.4) is 0 Å². The number of benzene rings is 1. The molecule has 0 spiro atoms. The molecule has 33 heavy (non-hydrogen) atoms. The minimum atomic E-state index is -2.98. The lowest BCUT2D eigenvalue weighted by atomic mass is 9.73. The first-order chi connectivity index (χ1) is 15.4. The molecule has 0 N–H and O–H groups in total. The number of carbonyl (C=O) groups excluding carboxylic acids is 2. The molecule has 7 nitrogen and oxygen atoms in total. The molecule has 182 valence electrons. The lowest BCUT2D eigenvalue weighted by molar-refractivity contribution is -0.536. The minimum absolute atomic E-state index is 0.0366. The Morgan fingerprint density at radius 2 is 1.88 bits per heavy atom. The van der Waals surface area contributed by atoms with E-state index in [9.17, 15) is 28.5 Å². The Kier molecular flexibility index (Phi) is 7.10. The van der Waals surface area contributed by atoms with Gasteiger partial charge in [0.1, 0.15) is 12.1 Å². The number of carbonyl (C=O) groups is 2. The van der Waals surface area contributed by atoms with E-state index in [1.807, 2.05) is 0 Å². The van der Waals surface area contributed by atoms with Gasteiger partial charge in [-0.25, -0.2) is 13.6 Å². The Balaban J connectivity index is 2.19. The maximum absolute atomic E-state index is 14.2. The first kappa shape index (κ1) is 25.1. The van der Waals surface area contributed by atoms with E-state index in [0.29, 0.717) is 5.56 Å². The molecule has 1 aromatic rings. The standard InChI is InChI=1S/C24H32F2N2O5/c1-5-33-22(30)20-17(23(2,3)4)19(28(31)32)18(15-10-7-6-8-11-15)27(20)21(29)16-12-9-13-24(25,26)14-16/h6-8,10-11,16-20H,5,9,12-14H2,1-4H3/t16-,17+,18+,19+,20+/m1/s1. The highest BCUT2D eigenvalue weighted by Gasteiger charge is 2.64. The number of nitro groups is 1. The summed E-state index contributed by atoms with van der Waals surface area (Å²) in [4.78, 5) is 40.2. The van der Waals surface area contributed by atoms with Crippen LogP contribution in [0.1, 0.15) is 65.0 Å². The number of hydrogen-bond donors (Lipinski definition) is 0. The third-order valence-corrected chi connectivity index (χ3v) is 6.79. The molecule has 1 aliphatic carbocycles. The zero-order chi connectivity index (χ0) is 24.6. The molecule has 1 saturated carbocycles. The normalized spacial score (nSPS) is 29.5. The SMILES string of the molecule is CCOC(=O)[C@@H]1[C@@H](C(C)(C)C)[C@H]([N+](=O)[O-])[C@H](c2ccccc2)N1C(=O)[C@@H]1CCCC(F)(F)C1. The van der Waals surface area contributed by atoms with Crippen molar-refractivity contribution in [1.82, 2.24) is 4.90 Å². The first-order valence-corrected chi connectivity index (χ1v) is 11.4. The fourth-order valence-corrected chi connectivity index (χ4v) is 5.49. The van der Waals surface area contributed by atoms with Gasteiger partial charge in [-0.15, -0.1) is 0 Å². The van der Waals surface area contributed by atoms with E-state index in [-0.39, 0.29) is 25.9 Å². The van der Waals surface area contributed by atoms with Crippen LogP contribution in [0.2, 0.25) is 0 Å². The van der Waals surface area contributed by atoms with Gasteiger partial charge >= 0.3 is 5.97 Å². The summed E-state index contributed by atoms with van der Waals surface area (Å²) in [6, 6.07) is 4.89. The number of halogens is 2. The first-order valence-electron chi connectivity index (χ1n) is 11.4. The molecule has 1 heterocycles. The second-order valence-electron chi connectivity index (χ2n) is 10.1. The van der Waals surface area contributed by atoms with Gasteiger partial charge in [-0.1, -0.05) is 51.1 Å². The van der Waals surface area contributed by atoms with Crippen molar-refractivity contribution >= 4 is 11.9 Å². The Bertz CT molecular complexity index is 887. The second kappa shape index (κ2) is 9.35. The van der Waals surface area contributed by atoms with Crippen LogP contribution in [-0.2, 0) is 14.3 Å². The van der Waals surface area contributed by atoms with Crippen molar-refractivity contribution in [2.75, 3.05) is 6.61 Å². The van der Waals surface area contributed by atoms with Crippen molar-refractivity contribution in [2.45, 2.75) is 77.4 Å². The lowest BCUT2D eigenvalue weighted by Gasteiger charge is -2.36. The van der Waals surface area contributed by atoms with Crippen molar-refractivity contribution in [2.24, 2.45) is 17.3 Å². The lowest BCUT2D eigenvalue weighted by Crippen LogP contribution is -2.50. The van der Waals surface area contributed by atoms with Gasteiger partial charge in [-0.2, -0.15) is 0 Å². The van der Waals surface area contributed by atoms with Gasteiger partial charge in [0.15, 0.2) is 0 Å². The van der Waals surface area contributed by atoms with E-state index in [4.69, 9.17) is 4.74 Å². The molecule has 1 aliphatic heterocycles. The summed E-state index contributed by atoms with van der Waals surface area (Å²) in [7, 11) is 0. The number of ether oxygens (including phenoxy) is 1. The molecular formula is C24H32F2N2O5. The second-order valence-corrected chi connectivity index (χ2v) is 10.1. The summed E-state index contributed by atoms with van der Waals surface area (Å²) < 4.78 is 33.7. The van der Waals surface area contributed by atoms with Crippen molar-refractivity contribution in [3.05, 3.63) is 46.0 Å². The van der Waals surface area contributed by atoms with Gasteiger partial charge in [0, 0.05) is 23.7 Å². The molecule has 5 atom stereocenters. The molecule has 0 unspecified atom stereocenters.